The molecule has 1 heteroatoms. The Morgan fingerprint density at radius 2 is 0.449 bits per heavy atom. The fourth-order valence-electron chi connectivity index (χ4n) is 5.07. The van der Waals surface area contributed by atoms with Gasteiger partial charge in [-0.15, -0.1) is 0 Å². The average Bonchev–Trinajstić information content (AvgIpc) is 3.03. The first-order valence-corrected chi connectivity index (χ1v) is 19.3. The lowest BCUT2D eigenvalue weighted by molar-refractivity contribution is 0.590. The van der Waals surface area contributed by atoms with Gasteiger partial charge in [-0.05, 0) is 92.4 Å². The van der Waals surface area contributed by atoms with Crippen molar-refractivity contribution in [2.24, 2.45) is 0 Å². The SMILES string of the molecule is CC(C)(C)c1ccc(C#C[Si](C#Cc2ccc(C(C)(C)C)cc2)(C#Cc2ccc(C(C)(C)C)cc2)C#Cc2ccc(C(C)(C)C)cc2)cc1. The van der Waals surface area contributed by atoms with Crippen molar-refractivity contribution in [3.8, 4) is 45.9 Å². The van der Waals surface area contributed by atoms with Crippen molar-refractivity contribution < 1.29 is 0 Å². The Morgan fingerprint density at radius 1 is 0.286 bits per heavy atom. The zero-order chi connectivity index (χ0) is 36.1. The molecule has 0 saturated heterocycles. The van der Waals surface area contributed by atoms with Crippen molar-refractivity contribution in [1.29, 1.82) is 0 Å². The maximum absolute atomic E-state index is 3.59. The first-order chi connectivity index (χ1) is 22.7. The number of hydrogen-bond donors (Lipinski definition) is 0. The molecule has 4 rings (SSSR count). The predicted octanol–water partition coefficient (Wildman–Crippen LogP) is 11.0. The van der Waals surface area contributed by atoms with Crippen LogP contribution in [-0.2, 0) is 21.7 Å². The van der Waals surface area contributed by atoms with Crippen LogP contribution in [0.25, 0.3) is 0 Å². The van der Waals surface area contributed by atoms with E-state index in [-0.39, 0.29) is 21.7 Å². The molecule has 0 amide bonds. The Bertz CT molecular complexity index is 1690. The summed E-state index contributed by atoms with van der Waals surface area (Å²) in [5.74, 6) is 13.9. The van der Waals surface area contributed by atoms with Crippen molar-refractivity contribution in [1.82, 2.24) is 0 Å². The molecule has 0 atom stereocenters. The Balaban J connectivity index is 1.91. The molecular formula is C48H52Si. The third-order valence-electron chi connectivity index (χ3n) is 8.58. The quantitative estimate of drug-likeness (QED) is 0.131. The van der Waals surface area contributed by atoms with Crippen molar-refractivity contribution in [2.45, 2.75) is 105 Å². The minimum Gasteiger partial charge on any atom is -0.0825 e. The van der Waals surface area contributed by atoms with E-state index >= 15 is 0 Å². The zero-order valence-electron chi connectivity index (χ0n) is 31.7. The summed E-state index contributed by atoms with van der Waals surface area (Å²) in [6.45, 7) is 26.7. The molecule has 0 saturated carbocycles. The van der Waals surface area contributed by atoms with Crippen LogP contribution in [0.3, 0.4) is 0 Å². The summed E-state index contributed by atoms with van der Waals surface area (Å²) >= 11 is 0. The van der Waals surface area contributed by atoms with Gasteiger partial charge in [0.1, 0.15) is 0 Å². The van der Waals surface area contributed by atoms with Gasteiger partial charge >= 0.3 is 8.07 Å². The van der Waals surface area contributed by atoms with E-state index in [9.17, 15) is 0 Å². The number of benzene rings is 4. The minimum atomic E-state index is -3.17. The number of rotatable bonds is 0. The lowest BCUT2D eigenvalue weighted by Crippen LogP contribution is -2.29. The maximum Gasteiger partial charge on any atom is 0.370 e. The van der Waals surface area contributed by atoms with Gasteiger partial charge in [0.25, 0.3) is 0 Å². The fourth-order valence-corrected chi connectivity index (χ4v) is 6.77. The van der Waals surface area contributed by atoms with Gasteiger partial charge in [0.15, 0.2) is 0 Å². The summed E-state index contributed by atoms with van der Waals surface area (Å²) in [6.07, 6.45) is 0. The van der Waals surface area contributed by atoms with Gasteiger partial charge in [-0.2, -0.15) is 0 Å². The van der Waals surface area contributed by atoms with Gasteiger partial charge in [-0.1, -0.05) is 177 Å². The first kappa shape index (κ1) is 37.2. The number of hydrogen-bond acceptors (Lipinski definition) is 0. The van der Waals surface area contributed by atoms with Crippen molar-refractivity contribution in [2.75, 3.05) is 0 Å². The third kappa shape index (κ3) is 10.7. The third-order valence-corrected chi connectivity index (χ3v) is 10.6. The van der Waals surface area contributed by atoms with E-state index in [1.807, 2.05) is 0 Å². The molecule has 0 aliphatic carbocycles. The lowest BCUT2D eigenvalue weighted by Gasteiger charge is -2.18. The van der Waals surface area contributed by atoms with Crippen LogP contribution in [0, 0.1) is 45.9 Å². The van der Waals surface area contributed by atoms with Crippen molar-refractivity contribution >= 4 is 8.07 Å². The summed E-state index contributed by atoms with van der Waals surface area (Å²) in [5, 5.41) is 0. The van der Waals surface area contributed by atoms with E-state index in [1.165, 1.54) is 22.3 Å². The van der Waals surface area contributed by atoms with E-state index in [0.29, 0.717) is 0 Å². The molecule has 0 aromatic heterocycles. The molecule has 0 bridgehead atoms. The highest BCUT2D eigenvalue weighted by molar-refractivity contribution is 7.06. The first-order valence-electron chi connectivity index (χ1n) is 17.3. The highest BCUT2D eigenvalue weighted by atomic mass is 28.3. The maximum atomic E-state index is 3.59. The molecule has 248 valence electrons. The van der Waals surface area contributed by atoms with E-state index in [4.69, 9.17) is 0 Å². The monoisotopic (exact) mass is 656 g/mol. The van der Waals surface area contributed by atoms with Crippen LogP contribution < -0.4 is 0 Å². The van der Waals surface area contributed by atoms with Crippen LogP contribution in [0.2, 0.25) is 0 Å². The van der Waals surface area contributed by atoms with E-state index < -0.39 is 8.07 Å². The van der Waals surface area contributed by atoms with Crippen LogP contribution in [0.5, 0.6) is 0 Å². The lowest BCUT2D eigenvalue weighted by atomic mass is 9.87. The highest BCUT2D eigenvalue weighted by Gasteiger charge is 2.26. The van der Waals surface area contributed by atoms with Gasteiger partial charge in [-0.3, -0.25) is 0 Å². The molecule has 0 fully saturated rings. The van der Waals surface area contributed by atoms with Crippen LogP contribution in [0.15, 0.2) is 97.1 Å². The van der Waals surface area contributed by atoms with Crippen LogP contribution in [0.1, 0.15) is 128 Å². The summed E-state index contributed by atoms with van der Waals surface area (Å²) in [6, 6.07) is 34.1. The van der Waals surface area contributed by atoms with Crippen LogP contribution in [-0.4, -0.2) is 8.07 Å². The summed E-state index contributed by atoms with van der Waals surface area (Å²) < 4.78 is 0. The molecule has 4 aromatic rings. The van der Waals surface area contributed by atoms with Gasteiger partial charge in [0, 0.05) is 22.3 Å². The minimum absolute atomic E-state index is 0.0699. The molecule has 0 heterocycles. The largest absolute Gasteiger partial charge is 0.370 e. The van der Waals surface area contributed by atoms with Gasteiger partial charge < -0.3 is 0 Å². The molecule has 0 spiro atoms. The Labute approximate surface area is 299 Å². The average molecular weight is 657 g/mol. The molecule has 0 nitrogen and oxygen atoms in total. The molecular weight excluding hydrogens is 605 g/mol. The Hall–Kier alpha value is -4.66. The van der Waals surface area contributed by atoms with Gasteiger partial charge in [-0.25, -0.2) is 0 Å². The smallest absolute Gasteiger partial charge is 0.0825 e. The predicted molar refractivity (Wildman–Crippen MR) is 214 cm³/mol. The van der Waals surface area contributed by atoms with Crippen LogP contribution >= 0.6 is 0 Å². The summed E-state index contributed by atoms with van der Waals surface area (Å²) in [7, 11) is -3.17. The summed E-state index contributed by atoms with van der Waals surface area (Å²) in [5.41, 5.74) is 23.5. The van der Waals surface area contributed by atoms with Crippen LogP contribution in [0.4, 0.5) is 0 Å². The molecule has 0 unspecified atom stereocenters. The molecule has 0 N–H and O–H groups in total. The second-order valence-corrected chi connectivity index (χ2v) is 19.6. The van der Waals surface area contributed by atoms with Crippen molar-refractivity contribution in [3.05, 3.63) is 142 Å². The Morgan fingerprint density at radius 3 is 0.592 bits per heavy atom. The normalized spacial score (nSPS) is 11.8. The second-order valence-electron chi connectivity index (χ2n) is 17.1. The molecule has 4 aromatic carbocycles. The Kier molecular flexibility index (Phi) is 11.0. The van der Waals surface area contributed by atoms with Gasteiger partial charge in [0.2, 0.25) is 0 Å². The van der Waals surface area contributed by atoms with E-state index in [2.05, 4.69) is 226 Å². The van der Waals surface area contributed by atoms with E-state index in [0.717, 1.165) is 22.3 Å². The zero-order valence-corrected chi connectivity index (χ0v) is 32.7. The highest BCUT2D eigenvalue weighted by Crippen LogP contribution is 2.25. The second kappa shape index (κ2) is 14.4. The topological polar surface area (TPSA) is 0 Å². The van der Waals surface area contributed by atoms with E-state index in [1.54, 1.807) is 0 Å². The fraction of sp³-hybridized carbons (Fsp3) is 0.333. The summed E-state index contributed by atoms with van der Waals surface area (Å²) in [4.78, 5) is 0. The molecule has 0 aliphatic rings. The molecule has 0 aliphatic heterocycles. The molecule has 0 radical (unpaired) electrons. The van der Waals surface area contributed by atoms with Crippen molar-refractivity contribution in [3.63, 3.8) is 0 Å². The standard InChI is InChI=1S/C48H52Si/c1-45(2,3)41-21-13-37(14-22-41)29-33-49(34-30-38-15-23-42(24-16-38)46(4,5)6,35-31-39-17-25-43(26-18-39)47(7,8)9)36-32-40-19-27-44(28-20-40)48(10,11)12/h13-28H,1-12H3. The van der Waals surface area contributed by atoms with Gasteiger partial charge in [0.05, 0.1) is 0 Å². The molecule has 49 heavy (non-hydrogen) atoms.